The van der Waals surface area contributed by atoms with Crippen LogP contribution in [0.2, 0.25) is 0 Å². The maximum Gasteiger partial charge on any atom is 0.247 e. The van der Waals surface area contributed by atoms with E-state index in [1.54, 1.807) is 20.8 Å². The molecule has 33 heavy (non-hydrogen) atoms. The number of carbonyl (C=O) groups is 1. The van der Waals surface area contributed by atoms with Gasteiger partial charge in [0.1, 0.15) is 6.23 Å². The molecule has 0 aromatic rings. The second-order valence-corrected chi connectivity index (χ2v) is 12.7. The van der Waals surface area contributed by atoms with Crippen LogP contribution in [0.4, 0.5) is 0 Å². The van der Waals surface area contributed by atoms with E-state index in [1.807, 2.05) is 25.2 Å². The molecule has 0 aromatic carbocycles. The molecule has 3 atom stereocenters. The van der Waals surface area contributed by atoms with Crippen molar-refractivity contribution in [3.05, 3.63) is 36.0 Å². The first-order valence-electron chi connectivity index (χ1n) is 12.3. The Kier molecular flexibility index (Phi) is 10.3. The minimum atomic E-state index is -3.45. The van der Waals surface area contributed by atoms with Crippen LogP contribution in [0.15, 0.2) is 36.0 Å². The Labute approximate surface area is 200 Å². The number of sulfonamides is 1. The van der Waals surface area contributed by atoms with Gasteiger partial charge in [0.15, 0.2) is 0 Å². The summed E-state index contributed by atoms with van der Waals surface area (Å²) in [7, 11) is -3.45. The van der Waals surface area contributed by atoms with Crippen LogP contribution in [0.3, 0.4) is 0 Å². The number of aliphatic hydroxyl groups excluding tert-OH is 1. The highest BCUT2D eigenvalue weighted by molar-refractivity contribution is 7.90. The van der Waals surface area contributed by atoms with Gasteiger partial charge in [0.25, 0.3) is 0 Å². The van der Waals surface area contributed by atoms with Gasteiger partial charge in [-0.2, -0.15) is 0 Å². The molecule has 4 N–H and O–H groups in total. The van der Waals surface area contributed by atoms with Crippen molar-refractivity contribution in [3.63, 3.8) is 0 Å². The van der Waals surface area contributed by atoms with Gasteiger partial charge in [-0.15, -0.1) is 0 Å². The molecule has 8 heteroatoms. The van der Waals surface area contributed by atoms with Crippen LogP contribution in [0, 0.1) is 0 Å². The minimum Gasteiger partial charge on any atom is -0.374 e. The quantitative estimate of drug-likeness (QED) is 0.267. The third kappa shape index (κ3) is 8.67. The van der Waals surface area contributed by atoms with Crippen LogP contribution in [0.1, 0.15) is 85.5 Å². The fourth-order valence-corrected chi connectivity index (χ4v) is 5.13. The molecule has 2 rings (SSSR count). The Bertz CT molecular complexity index is 836. The van der Waals surface area contributed by atoms with E-state index in [0.29, 0.717) is 37.3 Å². The highest BCUT2D eigenvalue weighted by Gasteiger charge is 2.31. The molecular weight excluding hydrogens is 438 g/mol. The summed E-state index contributed by atoms with van der Waals surface area (Å²) in [6.45, 7) is 10.8. The van der Waals surface area contributed by atoms with Gasteiger partial charge in [0.05, 0.1) is 10.8 Å². The molecule has 0 aliphatic heterocycles. The maximum atomic E-state index is 12.7. The Hall–Kier alpha value is -1.48. The second kappa shape index (κ2) is 12.3. The number of amides is 1. The zero-order valence-electron chi connectivity index (χ0n) is 20.7. The summed E-state index contributed by atoms with van der Waals surface area (Å²) in [6, 6.07) is -0.123. The molecule has 1 amide bonds. The molecule has 2 aliphatic carbocycles. The molecule has 3 unspecified atom stereocenters. The Morgan fingerprint density at radius 3 is 2.52 bits per heavy atom. The van der Waals surface area contributed by atoms with Gasteiger partial charge in [0.2, 0.25) is 15.9 Å². The smallest absolute Gasteiger partial charge is 0.247 e. The zero-order valence-corrected chi connectivity index (χ0v) is 21.5. The molecular formula is C25H43N3O4S. The van der Waals surface area contributed by atoms with E-state index in [-0.39, 0.29) is 18.0 Å². The van der Waals surface area contributed by atoms with Crippen molar-refractivity contribution in [2.75, 3.05) is 0 Å². The normalized spacial score (nSPS) is 21.8. The summed E-state index contributed by atoms with van der Waals surface area (Å²) in [6.07, 6.45) is 13.0. The average Bonchev–Trinajstić information content (AvgIpc) is 2.76. The van der Waals surface area contributed by atoms with Gasteiger partial charge in [-0.25, -0.2) is 13.1 Å². The van der Waals surface area contributed by atoms with Gasteiger partial charge in [-0.3, -0.25) is 10.1 Å². The molecule has 0 spiro atoms. The first-order chi connectivity index (χ1) is 15.4. The van der Waals surface area contributed by atoms with Crippen LogP contribution in [-0.2, 0) is 14.8 Å². The van der Waals surface area contributed by atoms with E-state index in [9.17, 15) is 18.3 Å². The van der Waals surface area contributed by atoms with E-state index in [1.165, 1.54) is 19.3 Å². The molecule has 0 saturated heterocycles. The summed E-state index contributed by atoms with van der Waals surface area (Å²) in [5, 5.41) is 16.9. The number of carbonyl (C=O) groups excluding carboxylic acids is 1. The predicted octanol–water partition coefficient (Wildman–Crippen LogP) is 3.43. The molecule has 7 nitrogen and oxygen atoms in total. The van der Waals surface area contributed by atoms with Crippen molar-refractivity contribution < 1.29 is 18.3 Å². The highest BCUT2D eigenvalue weighted by atomic mass is 32.2. The molecule has 188 valence electrons. The zero-order chi connectivity index (χ0) is 24.6. The molecule has 0 radical (unpaired) electrons. The number of hydrogen-bond acceptors (Lipinski definition) is 5. The topological polar surface area (TPSA) is 108 Å². The van der Waals surface area contributed by atoms with Crippen molar-refractivity contribution in [1.82, 2.24) is 15.4 Å². The van der Waals surface area contributed by atoms with Gasteiger partial charge in [-0.1, -0.05) is 51.0 Å². The van der Waals surface area contributed by atoms with Crippen LogP contribution in [0.25, 0.3) is 0 Å². The molecule has 1 fully saturated rings. The molecule has 0 heterocycles. The lowest BCUT2D eigenvalue weighted by Gasteiger charge is -2.28. The monoisotopic (exact) mass is 481 g/mol. The van der Waals surface area contributed by atoms with E-state index in [0.717, 1.165) is 18.4 Å². The summed E-state index contributed by atoms with van der Waals surface area (Å²) in [4.78, 5) is 12.7. The van der Waals surface area contributed by atoms with E-state index in [2.05, 4.69) is 21.9 Å². The number of rotatable bonds is 11. The van der Waals surface area contributed by atoms with Crippen molar-refractivity contribution >= 4 is 15.9 Å². The van der Waals surface area contributed by atoms with Crippen LogP contribution in [0.5, 0.6) is 0 Å². The molecule has 2 aliphatic rings. The van der Waals surface area contributed by atoms with E-state index < -0.39 is 21.0 Å². The SMILES string of the molecule is C=C(CCC(CC)NS(=O)(=O)C(C)(C)C)C(=O)NC1C=C(C(O)NC2CCCCC2)C=CC1. The lowest BCUT2D eigenvalue weighted by atomic mass is 9.94. The lowest BCUT2D eigenvalue weighted by molar-refractivity contribution is -0.118. The fourth-order valence-electron chi connectivity index (χ4n) is 4.05. The van der Waals surface area contributed by atoms with Crippen molar-refractivity contribution in [3.8, 4) is 0 Å². The molecule has 0 bridgehead atoms. The summed E-state index contributed by atoms with van der Waals surface area (Å²) < 4.78 is 26.7. The predicted molar refractivity (Wildman–Crippen MR) is 134 cm³/mol. The van der Waals surface area contributed by atoms with Crippen LogP contribution < -0.4 is 15.4 Å². The average molecular weight is 482 g/mol. The minimum absolute atomic E-state index is 0.210. The summed E-state index contributed by atoms with van der Waals surface area (Å²) in [5.41, 5.74) is 1.19. The highest BCUT2D eigenvalue weighted by Crippen LogP contribution is 2.21. The lowest BCUT2D eigenvalue weighted by Crippen LogP contribution is -2.44. The largest absolute Gasteiger partial charge is 0.374 e. The molecule has 1 saturated carbocycles. The van der Waals surface area contributed by atoms with Crippen LogP contribution >= 0.6 is 0 Å². The third-order valence-corrected chi connectivity index (χ3v) is 8.72. The first-order valence-corrected chi connectivity index (χ1v) is 13.7. The Balaban J connectivity index is 1.85. The second-order valence-electron chi connectivity index (χ2n) is 10.3. The molecule has 0 aromatic heterocycles. The fraction of sp³-hybridized carbons (Fsp3) is 0.720. The maximum absolute atomic E-state index is 12.7. The van der Waals surface area contributed by atoms with Crippen molar-refractivity contribution in [2.24, 2.45) is 0 Å². The van der Waals surface area contributed by atoms with Gasteiger partial charge < -0.3 is 10.4 Å². The number of nitrogens with one attached hydrogen (secondary N) is 3. The van der Waals surface area contributed by atoms with Gasteiger partial charge in [-0.05, 0) is 64.9 Å². The van der Waals surface area contributed by atoms with Gasteiger partial charge >= 0.3 is 0 Å². The Morgan fingerprint density at radius 2 is 1.91 bits per heavy atom. The first kappa shape index (κ1) is 27.8. The Morgan fingerprint density at radius 1 is 1.24 bits per heavy atom. The standard InChI is InChI=1S/C25H43N3O4S/c1-6-20(28-33(31,32)25(3,4)5)16-15-18(2)23(29)27-22-14-10-11-19(17-22)24(30)26-21-12-8-7-9-13-21/h10-11,17,20-22,24,26,28,30H,2,6-9,12-16H2,1,3-5H3,(H,27,29). The summed E-state index contributed by atoms with van der Waals surface area (Å²) >= 11 is 0. The summed E-state index contributed by atoms with van der Waals surface area (Å²) in [5.74, 6) is -0.242. The number of hydrogen-bond donors (Lipinski definition) is 4. The van der Waals surface area contributed by atoms with E-state index in [4.69, 9.17) is 0 Å². The third-order valence-electron chi connectivity index (χ3n) is 6.46. The van der Waals surface area contributed by atoms with Crippen molar-refractivity contribution in [1.29, 1.82) is 0 Å². The van der Waals surface area contributed by atoms with Gasteiger partial charge in [0, 0.05) is 17.7 Å². The van der Waals surface area contributed by atoms with Crippen LogP contribution in [-0.4, -0.2) is 48.5 Å². The van der Waals surface area contributed by atoms with E-state index >= 15 is 0 Å². The van der Waals surface area contributed by atoms with Crippen molar-refractivity contribution in [2.45, 2.75) is 115 Å². The number of aliphatic hydroxyl groups is 1.